The topological polar surface area (TPSA) is 64.4 Å². The van der Waals surface area contributed by atoms with Gasteiger partial charge in [-0.2, -0.15) is 0 Å². The Hall–Kier alpha value is -1.55. The molecule has 0 aromatic heterocycles. The number of ether oxygens (including phenoxy) is 1. The second kappa shape index (κ2) is 6.91. The van der Waals surface area contributed by atoms with Gasteiger partial charge in [0.15, 0.2) is 0 Å². The molecule has 0 bridgehead atoms. The van der Waals surface area contributed by atoms with Gasteiger partial charge in [0.25, 0.3) is 0 Å². The van der Waals surface area contributed by atoms with Gasteiger partial charge in [-0.15, -0.1) is 0 Å². The number of rotatable bonds is 6. The molecule has 0 saturated carbocycles. The summed E-state index contributed by atoms with van der Waals surface area (Å²) in [6, 6.07) is 7.67. The third-order valence-electron chi connectivity index (χ3n) is 2.67. The Balaban J connectivity index is 2.82. The predicted molar refractivity (Wildman–Crippen MR) is 68.1 cm³/mol. The van der Waals surface area contributed by atoms with Crippen LogP contribution < -0.4 is 15.8 Å². The number of hydrogen-bond acceptors (Lipinski definition) is 3. The normalized spacial score (nSPS) is 11.9. The fourth-order valence-corrected chi connectivity index (χ4v) is 1.82. The van der Waals surface area contributed by atoms with E-state index in [1.54, 1.807) is 7.11 Å². The average Bonchev–Trinajstić information content (AvgIpc) is 2.36. The summed E-state index contributed by atoms with van der Waals surface area (Å²) in [6.45, 7) is 2.97. The Kier molecular flexibility index (Phi) is 5.49. The predicted octanol–water partition coefficient (Wildman–Crippen LogP) is 1.26. The summed E-state index contributed by atoms with van der Waals surface area (Å²) in [5.41, 5.74) is 6.73. The first-order valence-electron chi connectivity index (χ1n) is 5.82. The van der Waals surface area contributed by atoms with Gasteiger partial charge in [0.05, 0.1) is 7.11 Å². The number of methoxy groups -OCH3 is 1. The summed E-state index contributed by atoms with van der Waals surface area (Å²) < 4.78 is 5.28. The van der Waals surface area contributed by atoms with Crippen LogP contribution in [0.25, 0.3) is 0 Å². The highest BCUT2D eigenvalue weighted by Crippen LogP contribution is 2.27. The Morgan fingerprint density at radius 2 is 2.18 bits per heavy atom. The maximum Gasteiger partial charge on any atom is 0.220 e. The highest BCUT2D eigenvalue weighted by atomic mass is 16.5. The maximum atomic E-state index is 11.6. The SMILES string of the molecule is CCNC(=O)CC(CN)c1ccccc1OC. The molecule has 3 N–H and O–H groups in total. The van der Waals surface area contributed by atoms with E-state index in [0.717, 1.165) is 11.3 Å². The molecule has 1 aromatic carbocycles. The quantitative estimate of drug-likeness (QED) is 0.781. The van der Waals surface area contributed by atoms with Crippen molar-refractivity contribution in [3.05, 3.63) is 29.8 Å². The zero-order chi connectivity index (χ0) is 12.7. The molecule has 4 nitrogen and oxygen atoms in total. The van der Waals surface area contributed by atoms with Crippen LogP contribution in [0.15, 0.2) is 24.3 Å². The van der Waals surface area contributed by atoms with Gasteiger partial charge in [-0.1, -0.05) is 18.2 Å². The smallest absolute Gasteiger partial charge is 0.220 e. The van der Waals surface area contributed by atoms with Crippen LogP contribution in [0.4, 0.5) is 0 Å². The van der Waals surface area contributed by atoms with Gasteiger partial charge in [-0.25, -0.2) is 0 Å². The molecule has 1 amide bonds. The van der Waals surface area contributed by atoms with Crippen LogP contribution in [-0.4, -0.2) is 26.1 Å². The van der Waals surface area contributed by atoms with Gasteiger partial charge in [0.2, 0.25) is 5.91 Å². The van der Waals surface area contributed by atoms with Crippen molar-refractivity contribution >= 4 is 5.91 Å². The minimum absolute atomic E-state index is 0.00213. The molecule has 0 aliphatic rings. The molecule has 4 heteroatoms. The number of carbonyl (C=O) groups excluding carboxylic acids is 1. The summed E-state index contributed by atoms with van der Waals surface area (Å²) in [5, 5.41) is 2.78. The lowest BCUT2D eigenvalue weighted by Gasteiger charge is -2.17. The van der Waals surface area contributed by atoms with Crippen LogP contribution in [-0.2, 0) is 4.79 Å². The van der Waals surface area contributed by atoms with Gasteiger partial charge in [-0.05, 0) is 25.1 Å². The first-order valence-corrected chi connectivity index (χ1v) is 5.82. The van der Waals surface area contributed by atoms with Gasteiger partial charge >= 0.3 is 0 Å². The van der Waals surface area contributed by atoms with Crippen LogP contribution in [0.2, 0.25) is 0 Å². The van der Waals surface area contributed by atoms with E-state index in [9.17, 15) is 4.79 Å². The molecule has 1 unspecified atom stereocenters. The average molecular weight is 236 g/mol. The molecule has 1 rings (SSSR count). The number of benzene rings is 1. The molecule has 94 valence electrons. The highest BCUT2D eigenvalue weighted by molar-refractivity contribution is 5.77. The van der Waals surface area contributed by atoms with Gasteiger partial charge in [0, 0.05) is 18.9 Å². The summed E-state index contributed by atoms with van der Waals surface area (Å²) in [7, 11) is 1.62. The second-order valence-electron chi connectivity index (χ2n) is 3.83. The van der Waals surface area contributed by atoms with Crippen LogP contribution in [0.3, 0.4) is 0 Å². The van der Waals surface area contributed by atoms with Crippen LogP contribution in [0, 0.1) is 0 Å². The van der Waals surface area contributed by atoms with Crippen molar-refractivity contribution in [3.63, 3.8) is 0 Å². The van der Waals surface area contributed by atoms with E-state index in [-0.39, 0.29) is 11.8 Å². The third-order valence-corrected chi connectivity index (χ3v) is 2.67. The first-order chi connectivity index (χ1) is 8.22. The maximum absolute atomic E-state index is 11.6. The lowest BCUT2D eigenvalue weighted by Crippen LogP contribution is -2.27. The van der Waals surface area contributed by atoms with Gasteiger partial charge < -0.3 is 15.8 Å². The van der Waals surface area contributed by atoms with E-state index in [4.69, 9.17) is 10.5 Å². The summed E-state index contributed by atoms with van der Waals surface area (Å²) in [4.78, 5) is 11.6. The molecule has 0 heterocycles. The zero-order valence-corrected chi connectivity index (χ0v) is 10.4. The van der Waals surface area contributed by atoms with Crippen molar-refractivity contribution in [1.29, 1.82) is 0 Å². The minimum Gasteiger partial charge on any atom is -0.496 e. The number of carbonyl (C=O) groups is 1. The van der Waals surface area contributed by atoms with E-state index in [1.165, 1.54) is 0 Å². The fraction of sp³-hybridized carbons (Fsp3) is 0.462. The summed E-state index contributed by atoms with van der Waals surface area (Å²) in [6.07, 6.45) is 0.394. The summed E-state index contributed by atoms with van der Waals surface area (Å²) >= 11 is 0. The van der Waals surface area contributed by atoms with Crippen LogP contribution >= 0.6 is 0 Å². The Morgan fingerprint density at radius 1 is 1.47 bits per heavy atom. The lowest BCUT2D eigenvalue weighted by molar-refractivity contribution is -0.121. The number of nitrogens with two attached hydrogens (primary N) is 1. The van der Waals surface area contributed by atoms with Crippen molar-refractivity contribution < 1.29 is 9.53 Å². The molecule has 1 aromatic rings. The third kappa shape index (κ3) is 3.75. The van der Waals surface area contributed by atoms with Crippen molar-refractivity contribution in [1.82, 2.24) is 5.32 Å². The number of hydrogen-bond donors (Lipinski definition) is 2. The standard InChI is InChI=1S/C13H20N2O2/c1-3-15-13(16)8-10(9-14)11-6-4-5-7-12(11)17-2/h4-7,10H,3,8-9,14H2,1-2H3,(H,15,16). The van der Waals surface area contributed by atoms with E-state index >= 15 is 0 Å². The largest absolute Gasteiger partial charge is 0.496 e. The Morgan fingerprint density at radius 3 is 2.76 bits per heavy atom. The lowest BCUT2D eigenvalue weighted by atomic mass is 9.94. The number of nitrogens with one attached hydrogen (secondary N) is 1. The Bertz CT molecular complexity index is 366. The Labute approximate surface area is 102 Å². The van der Waals surface area contributed by atoms with Crippen LogP contribution in [0.5, 0.6) is 5.75 Å². The van der Waals surface area contributed by atoms with Gasteiger partial charge in [-0.3, -0.25) is 4.79 Å². The van der Waals surface area contributed by atoms with Crippen molar-refractivity contribution in [2.45, 2.75) is 19.3 Å². The molecule has 0 spiro atoms. The molecule has 0 aliphatic carbocycles. The first kappa shape index (κ1) is 13.5. The number of amides is 1. The second-order valence-corrected chi connectivity index (χ2v) is 3.83. The summed E-state index contributed by atoms with van der Waals surface area (Å²) in [5.74, 6) is 0.804. The molecule has 0 saturated heterocycles. The monoisotopic (exact) mass is 236 g/mol. The molecule has 0 aliphatic heterocycles. The number of para-hydroxylation sites is 1. The molecular weight excluding hydrogens is 216 g/mol. The molecular formula is C13H20N2O2. The van der Waals surface area contributed by atoms with Crippen LogP contribution in [0.1, 0.15) is 24.8 Å². The van der Waals surface area contributed by atoms with E-state index in [2.05, 4.69) is 5.32 Å². The zero-order valence-electron chi connectivity index (χ0n) is 10.4. The van der Waals surface area contributed by atoms with Crippen molar-refractivity contribution in [2.24, 2.45) is 5.73 Å². The van der Waals surface area contributed by atoms with Crippen molar-refractivity contribution in [2.75, 3.05) is 20.2 Å². The molecule has 1 atom stereocenters. The minimum atomic E-state index is -0.00213. The van der Waals surface area contributed by atoms with E-state index in [1.807, 2.05) is 31.2 Å². The van der Waals surface area contributed by atoms with E-state index < -0.39 is 0 Å². The molecule has 0 fully saturated rings. The van der Waals surface area contributed by atoms with Gasteiger partial charge in [0.1, 0.15) is 5.75 Å². The van der Waals surface area contributed by atoms with Crippen molar-refractivity contribution in [3.8, 4) is 5.75 Å². The molecule has 0 radical (unpaired) electrons. The highest BCUT2D eigenvalue weighted by Gasteiger charge is 2.17. The fourth-order valence-electron chi connectivity index (χ4n) is 1.82. The molecule has 17 heavy (non-hydrogen) atoms. The van der Waals surface area contributed by atoms with E-state index in [0.29, 0.717) is 19.5 Å².